The SMILES string of the molecule is CCOC(=O)[C@@H]1[C@H]2CCC/C(=N/[N-]S(=O)(=O)c3ccc(C)cc3)[C@H]21.[Na+]. The standard InChI is InChI=1S/C17H21N2O4S.Na/c1-3-23-17(20)16-13-5-4-6-14(15(13)16)18-19-24(21,22)12-9-7-11(2)8-10-12;/h7-10,13,15-16H,3-6H2,1-2H3;/q-1;+1/b18-14-;/t13-,15-,16+;/m0./s1. The minimum atomic E-state index is -3.81. The second-order valence-electron chi connectivity index (χ2n) is 6.32. The van der Waals surface area contributed by atoms with Gasteiger partial charge in [0.25, 0.3) is 0 Å². The monoisotopic (exact) mass is 372 g/mol. The smallest absolute Gasteiger partial charge is 0.491 e. The second-order valence-corrected chi connectivity index (χ2v) is 7.91. The zero-order chi connectivity index (χ0) is 17.3. The fourth-order valence-electron chi connectivity index (χ4n) is 3.41. The Morgan fingerprint density at radius 2 is 2.00 bits per heavy atom. The van der Waals surface area contributed by atoms with Crippen molar-refractivity contribution in [2.24, 2.45) is 22.9 Å². The fourth-order valence-corrected chi connectivity index (χ4v) is 4.20. The molecule has 0 radical (unpaired) electrons. The maximum atomic E-state index is 12.3. The first-order valence-electron chi connectivity index (χ1n) is 8.21. The molecule has 3 rings (SSSR count). The molecule has 2 saturated carbocycles. The number of esters is 1. The summed E-state index contributed by atoms with van der Waals surface area (Å²) >= 11 is 0. The summed E-state index contributed by atoms with van der Waals surface area (Å²) in [7, 11) is -3.81. The Hall–Kier alpha value is -0.890. The van der Waals surface area contributed by atoms with Gasteiger partial charge in [-0.05, 0) is 56.9 Å². The first-order valence-corrected chi connectivity index (χ1v) is 9.65. The molecule has 0 bridgehead atoms. The van der Waals surface area contributed by atoms with Gasteiger partial charge in [0.2, 0.25) is 0 Å². The summed E-state index contributed by atoms with van der Waals surface area (Å²) < 4.78 is 29.6. The number of benzene rings is 1. The van der Waals surface area contributed by atoms with Gasteiger partial charge in [0.05, 0.1) is 17.4 Å². The third kappa shape index (κ3) is 4.45. The Balaban J connectivity index is 0.00000225. The minimum absolute atomic E-state index is 0. The molecule has 0 heterocycles. The van der Waals surface area contributed by atoms with E-state index >= 15 is 0 Å². The van der Waals surface area contributed by atoms with Crippen LogP contribution in [0.3, 0.4) is 0 Å². The minimum Gasteiger partial charge on any atom is -0.491 e. The van der Waals surface area contributed by atoms with Crippen molar-refractivity contribution in [3.8, 4) is 0 Å². The van der Waals surface area contributed by atoms with Crippen LogP contribution >= 0.6 is 0 Å². The number of aryl methyl sites for hydroxylation is 1. The predicted molar refractivity (Wildman–Crippen MR) is 90.1 cm³/mol. The number of rotatable bonds is 5. The zero-order valence-electron chi connectivity index (χ0n) is 14.8. The van der Waals surface area contributed by atoms with Gasteiger partial charge in [-0.3, -0.25) is 4.79 Å². The first kappa shape index (κ1) is 20.4. The molecule has 130 valence electrons. The molecule has 0 saturated heterocycles. The summed E-state index contributed by atoms with van der Waals surface area (Å²) in [6, 6.07) is 6.50. The molecule has 0 spiro atoms. The van der Waals surface area contributed by atoms with E-state index in [2.05, 4.69) is 9.93 Å². The van der Waals surface area contributed by atoms with Gasteiger partial charge < -0.3 is 14.7 Å². The molecule has 0 amide bonds. The van der Waals surface area contributed by atoms with Crippen molar-refractivity contribution >= 4 is 21.7 Å². The van der Waals surface area contributed by atoms with Crippen LogP contribution in [0.5, 0.6) is 0 Å². The van der Waals surface area contributed by atoms with E-state index in [0.29, 0.717) is 18.7 Å². The van der Waals surface area contributed by atoms with Crippen molar-refractivity contribution in [1.82, 2.24) is 0 Å². The van der Waals surface area contributed by atoms with Crippen LogP contribution in [0.25, 0.3) is 4.83 Å². The maximum absolute atomic E-state index is 12.3. The average Bonchev–Trinajstić information content (AvgIpc) is 3.29. The average molecular weight is 372 g/mol. The van der Waals surface area contributed by atoms with Crippen molar-refractivity contribution in [2.45, 2.75) is 38.0 Å². The summed E-state index contributed by atoms with van der Waals surface area (Å²) in [6.07, 6.45) is 2.54. The molecule has 0 N–H and O–H groups in total. The molecule has 8 heteroatoms. The maximum Gasteiger partial charge on any atom is 1.00 e. The molecule has 0 aliphatic heterocycles. The Kier molecular flexibility index (Phi) is 6.70. The molecule has 2 fully saturated rings. The molecule has 25 heavy (non-hydrogen) atoms. The van der Waals surface area contributed by atoms with Crippen molar-refractivity contribution < 1.29 is 47.5 Å². The van der Waals surface area contributed by atoms with Crippen LogP contribution in [0.1, 0.15) is 31.7 Å². The van der Waals surface area contributed by atoms with E-state index in [1.54, 1.807) is 19.1 Å². The Morgan fingerprint density at radius 3 is 2.64 bits per heavy atom. The molecule has 1 aromatic rings. The number of carbonyl (C=O) groups is 1. The van der Waals surface area contributed by atoms with E-state index in [9.17, 15) is 13.2 Å². The molecule has 3 atom stereocenters. The molecule has 0 unspecified atom stereocenters. The van der Waals surface area contributed by atoms with Crippen LogP contribution in [0.2, 0.25) is 0 Å². The Morgan fingerprint density at radius 1 is 1.32 bits per heavy atom. The predicted octanol–water partition coefficient (Wildman–Crippen LogP) is 0.0266. The van der Waals surface area contributed by atoms with Crippen molar-refractivity contribution in [2.75, 3.05) is 6.61 Å². The van der Waals surface area contributed by atoms with Gasteiger partial charge in [-0.1, -0.05) is 17.7 Å². The molecular weight excluding hydrogens is 351 g/mol. The molecule has 0 aromatic heterocycles. The third-order valence-corrected chi connectivity index (χ3v) is 5.84. The number of carbonyl (C=O) groups excluding carboxylic acids is 1. The number of sulfonamides is 1. The summed E-state index contributed by atoms with van der Waals surface area (Å²) in [5.74, 6) is -0.157. The summed E-state index contributed by atoms with van der Waals surface area (Å²) in [6.45, 7) is 4.02. The molecule has 2 aliphatic carbocycles. The van der Waals surface area contributed by atoms with E-state index in [1.165, 1.54) is 12.1 Å². The second kappa shape index (κ2) is 8.20. The van der Waals surface area contributed by atoms with Crippen molar-refractivity contribution in [1.29, 1.82) is 0 Å². The molecule has 1 aromatic carbocycles. The van der Waals surface area contributed by atoms with E-state index in [-0.39, 0.29) is 58.2 Å². The van der Waals surface area contributed by atoms with Crippen LogP contribution in [0.4, 0.5) is 0 Å². The Bertz CT molecular complexity index is 761. The summed E-state index contributed by atoms with van der Waals surface area (Å²) in [5.41, 5.74) is 1.69. The molecular formula is C17H21N2NaO4S. The van der Waals surface area contributed by atoms with Crippen molar-refractivity contribution in [3.05, 3.63) is 34.7 Å². The normalized spacial score (nSPS) is 26.3. The number of hydrogen-bond acceptors (Lipinski definition) is 5. The van der Waals surface area contributed by atoms with Crippen LogP contribution in [-0.4, -0.2) is 26.7 Å². The van der Waals surface area contributed by atoms with Crippen molar-refractivity contribution in [3.63, 3.8) is 0 Å². The van der Waals surface area contributed by atoms with Gasteiger partial charge in [-0.2, -0.15) is 0 Å². The molecule has 2 aliphatic rings. The zero-order valence-corrected chi connectivity index (χ0v) is 17.6. The van der Waals surface area contributed by atoms with Crippen LogP contribution in [0.15, 0.2) is 34.3 Å². The third-order valence-electron chi connectivity index (χ3n) is 4.68. The topological polar surface area (TPSA) is 86.9 Å². The van der Waals surface area contributed by atoms with Crippen LogP contribution in [-0.2, 0) is 19.6 Å². The number of ether oxygens (including phenoxy) is 1. The van der Waals surface area contributed by atoms with Crippen LogP contribution < -0.4 is 29.6 Å². The molecule has 6 nitrogen and oxygen atoms in total. The van der Waals surface area contributed by atoms with Gasteiger partial charge in [-0.25, -0.2) is 8.42 Å². The van der Waals surface area contributed by atoms with E-state index in [0.717, 1.165) is 18.4 Å². The largest absolute Gasteiger partial charge is 1.00 e. The Labute approximate surface area is 170 Å². The number of hydrogen-bond donors (Lipinski definition) is 0. The van der Waals surface area contributed by atoms with Gasteiger partial charge in [0.15, 0.2) is 0 Å². The van der Waals surface area contributed by atoms with Crippen LogP contribution in [0, 0.1) is 24.7 Å². The van der Waals surface area contributed by atoms with Gasteiger partial charge in [0, 0.05) is 5.92 Å². The summed E-state index contributed by atoms with van der Waals surface area (Å²) in [4.78, 5) is 15.7. The van der Waals surface area contributed by atoms with E-state index in [4.69, 9.17) is 4.74 Å². The quantitative estimate of drug-likeness (QED) is 0.414. The van der Waals surface area contributed by atoms with E-state index in [1.807, 2.05) is 6.92 Å². The summed E-state index contributed by atoms with van der Waals surface area (Å²) in [5, 5.41) is 4.02. The fraction of sp³-hybridized carbons (Fsp3) is 0.529. The van der Waals surface area contributed by atoms with E-state index < -0.39 is 10.0 Å². The van der Waals surface area contributed by atoms with Gasteiger partial charge in [0.1, 0.15) is 10.0 Å². The van der Waals surface area contributed by atoms with Gasteiger partial charge >= 0.3 is 35.5 Å². The first-order chi connectivity index (χ1) is 11.4. The number of nitrogens with zero attached hydrogens (tertiary/aromatic N) is 2. The van der Waals surface area contributed by atoms with Gasteiger partial charge in [-0.15, -0.1) is 0 Å². The number of fused-ring (bicyclic) bond motifs is 1.